The van der Waals surface area contributed by atoms with Crippen molar-refractivity contribution in [2.45, 2.75) is 12.9 Å². The summed E-state index contributed by atoms with van der Waals surface area (Å²) in [6, 6.07) is 0.639. The van der Waals surface area contributed by atoms with E-state index in [1.54, 1.807) is 0 Å². The molecule has 0 saturated carbocycles. The van der Waals surface area contributed by atoms with Gasteiger partial charge in [-0.3, -0.25) is 4.79 Å². The molecule has 0 aliphatic carbocycles. The molecule has 1 aromatic heterocycles. The number of esters is 1. The third-order valence-corrected chi connectivity index (χ3v) is 1.92. The first-order valence-electron chi connectivity index (χ1n) is 4.58. The van der Waals surface area contributed by atoms with E-state index >= 15 is 0 Å². The van der Waals surface area contributed by atoms with Gasteiger partial charge in [0.1, 0.15) is 5.56 Å². The Bertz CT molecular complexity index is 510. The van der Waals surface area contributed by atoms with Gasteiger partial charge in [-0.05, 0) is 0 Å². The fourth-order valence-electron chi connectivity index (χ4n) is 1.18. The van der Waals surface area contributed by atoms with E-state index in [2.05, 4.69) is 9.47 Å². The summed E-state index contributed by atoms with van der Waals surface area (Å²) in [6.07, 6.45) is -4.96. The van der Waals surface area contributed by atoms with Crippen LogP contribution < -0.4 is 16.0 Å². The number of methoxy groups -OCH3 is 1. The zero-order valence-corrected chi connectivity index (χ0v) is 9.13. The van der Waals surface area contributed by atoms with Crippen LogP contribution in [0.15, 0.2) is 10.9 Å². The smallest absolute Gasteiger partial charge is 0.465 e. The van der Waals surface area contributed by atoms with E-state index in [1.807, 2.05) is 4.98 Å². The topological polar surface area (TPSA) is 94.4 Å². The molecule has 1 aromatic rings. The zero-order chi connectivity index (χ0) is 13.9. The van der Waals surface area contributed by atoms with E-state index in [4.69, 9.17) is 5.73 Å². The van der Waals surface area contributed by atoms with Gasteiger partial charge < -0.3 is 20.2 Å². The van der Waals surface area contributed by atoms with Crippen LogP contribution in [0, 0.1) is 0 Å². The van der Waals surface area contributed by atoms with Crippen LogP contribution in [0.2, 0.25) is 0 Å². The molecule has 0 amide bonds. The molecule has 0 radical (unpaired) electrons. The second kappa shape index (κ2) is 5.08. The fraction of sp³-hybridized carbons (Fsp3) is 0.333. The lowest BCUT2D eigenvalue weighted by molar-refractivity contribution is -0.275. The van der Waals surface area contributed by atoms with Crippen LogP contribution in [0.5, 0.6) is 5.75 Å². The molecule has 0 aliphatic heterocycles. The first kappa shape index (κ1) is 14.0. The molecule has 0 bridgehead atoms. The monoisotopic (exact) mass is 266 g/mol. The predicted octanol–water partition coefficient (Wildman–Crippen LogP) is 0.519. The number of aromatic nitrogens is 1. The molecule has 100 valence electrons. The van der Waals surface area contributed by atoms with Gasteiger partial charge in [0.25, 0.3) is 5.56 Å². The Balaban J connectivity index is 3.31. The number of pyridine rings is 1. The second-order valence-electron chi connectivity index (χ2n) is 3.10. The Morgan fingerprint density at radius 1 is 1.50 bits per heavy atom. The summed E-state index contributed by atoms with van der Waals surface area (Å²) in [5.41, 5.74) is 3.38. The van der Waals surface area contributed by atoms with E-state index < -0.39 is 29.2 Å². The van der Waals surface area contributed by atoms with Crippen LogP contribution in [0.25, 0.3) is 0 Å². The van der Waals surface area contributed by atoms with Crippen molar-refractivity contribution in [1.29, 1.82) is 0 Å². The van der Waals surface area contributed by atoms with Gasteiger partial charge in [0.2, 0.25) is 0 Å². The summed E-state index contributed by atoms with van der Waals surface area (Å²) in [6.45, 7) is -0.387. The Labute approximate surface area is 98.5 Å². The number of alkyl halides is 3. The number of hydrogen-bond acceptors (Lipinski definition) is 5. The van der Waals surface area contributed by atoms with Crippen molar-refractivity contribution < 1.29 is 27.4 Å². The molecule has 0 fully saturated rings. The first-order chi connectivity index (χ1) is 8.28. The highest BCUT2D eigenvalue weighted by Gasteiger charge is 2.33. The number of aromatic amines is 1. The van der Waals surface area contributed by atoms with Crippen LogP contribution in [-0.4, -0.2) is 24.4 Å². The van der Waals surface area contributed by atoms with Gasteiger partial charge in [-0.2, -0.15) is 0 Å². The Morgan fingerprint density at radius 2 is 2.11 bits per heavy atom. The SMILES string of the molecule is COC(=O)c1cc(OC(F)(F)F)c(CN)[nH]c1=O. The maximum absolute atomic E-state index is 12.1. The largest absolute Gasteiger partial charge is 0.573 e. The molecule has 0 aromatic carbocycles. The third kappa shape index (κ3) is 3.23. The maximum Gasteiger partial charge on any atom is 0.573 e. The van der Waals surface area contributed by atoms with Crippen molar-refractivity contribution >= 4 is 5.97 Å². The number of carbonyl (C=O) groups excluding carboxylic acids is 1. The summed E-state index contributed by atoms with van der Waals surface area (Å²) < 4.78 is 44.2. The van der Waals surface area contributed by atoms with Crippen LogP contribution in [0.3, 0.4) is 0 Å². The van der Waals surface area contributed by atoms with E-state index in [0.29, 0.717) is 6.07 Å². The Hall–Kier alpha value is -2.03. The van der Waals surface area contributed by atoms with E-state index in [0.717, 1.165) is 7.11 Å². The van der Waals surface area contributed by atoms with Gasteiger partial charge in [-0.1, -0.05) is 0 Å². The number of halogens is 3. The van der Waals surface area contributed by atoms with Crippen molar-refractivity contribution in [2.75, 3.05) is 7.11 Å². The van der Waals surface area contributed by atoms with Gasteiger partial charge >= 0.3 is 12.3 Å². The first-order valence-corrected chi connectivity index (χ1v) is 4.58. The highest BCUT2D eigenvalue weighted by atomic mass is 19.4. The van der Waals surface area contributed by atoms with Crippen molar-refractivity contribution in [3.8, 4) is 5.75 Å². The minimum Gasteiger partial charge on any atom is -0.465 e. The number of hydrogen-bond donors (Lipinski definition) is 2. The average Bonchev–Trinajstić information content (AvgIpc) is 2.28. The molecular formula is C9H9F3N2O4. The molecule has 0 atom stereocenters. The zero-order valence-electron chi connectivity index (χ0n) is 9.13. The summed E-state index contributed by atoms with van der Waals surface area (Å²) in [5.74, 6) is -1.82. The number of ether oxygens (including phenoxy) is 2. The van der Waals surface area contributed by atoms with Crippen molar-refractivity contribution in [3.05, 3.63) is 27.7 Å². The van der Waals surface area contributed by atoms with Crippen molar-refractivity contribution in [1.82, 2.24) is 4.98 Å². The van der Waals surface area contributed by atoms with Gasteiger partial charge in [0.15, 0.2) is 5.75 Å². The minimum absolute atomic E-state index is 0.273. The number of carbonyl (C=O) groups is 1. The summed E-state index contributed by atoms with van der Waals surface area (Å²) in [7, 11) is 0.989. The molecule has 0 spiro atoms. The number of H-pyrrole nitrogens is 1. The maximum atomic E-state index is 12.1. The quantitative estimate of drug-likeness (QED) is 0.778. The summed E-state index contributed by atoms with van der Waals surface area (Å²) >= 11 is 0. The van der Waals surface area contributed by atoms with Gasteiger partial charge in [-0.25, -0.2) is 4.79 Å². The van der Waals surface area contributed by atoms with Crippen LogP contribution >= 0.6 is 0 Å². The minimum atomic E-state index is -4.96. The molecule has 9 heteroatoms. The lowest BCUT2D eigenvalue weighted by atomic mass is 10.2. The third-order valence-electron chi connectivity index (χ3n) is 1.92. The Morgan fingerprint density at radius 3 is 2.56 bits per heavy atom. The lowest BCUT2D eigenvalue weighted by Crippen LogP contribution is -2.25. The predicted molar refractivity (Wildman–Crippen MR) is 53.0 cm³/mol. The van der Waals surface area contributed by atoms with Crippen LogP contribution in [0.1, 0.15) is 16.1 Å². The molecule has 0 saturated heterocycles. The van der Waals surface area contributed by atoms with Crippen LogP contribution in [0.4, 0.5) is 13.2 Å². The van der Waals surface area contributed by atoms with Gasteiger partial charge in [-0.15, -0.1) is 13.2 Å². The molecule has 0 unspecified atom stereocenters. The van der Waals surface area contributed by atoms with E-state index in [-0.39, 0.29) is 12.2 Å². The summed E-state index contributed by atoms with van der Waals surface area (Å²) in [5, 5.41) is 0. The van der Waals surface area contributed by atoms with Gasteiger partial charge in [0.05, 0.1) is 12.8 Å². The molecule has 1 heterocycles. The van der Waals surface area contributed by atoms with Gasteiger partial charge in [0, 0.05) is 12.6 Å². The summed E-state index contributed by atoms with van der Waals surface area (Å²) in [4.78, 5) is 24.5. The molecule has 1 rings (SSSR count). The van der Waals surface area contributed by atoms with E-state index in [9.17, 15) is 22.8 Å². The van der Waals surface area contributed by atoms with E-state index in [1.165, 1.54) is 0 Å². The molecule has 18 heavy (non-hydrogen) atoms. The molecular weight excluding hydrogens is 257 g/mol. The second-order valence-corrected chi connectivity index (χ2v) is 3.10. The number of nitrogens with two attached hydrogens (primary N) is 1. The standard InChI is InChI=1S/C9H9F3N2O4/c1-17-8(16)4-2-6(18-9(10,11)12)5(3-13)14-7(4)15/h2H,3,13H2,1H3,(H,14,15). The normalized spacial score (nSPS) is 11.2. The lowest BCUT2D eigenvalue weighted by Gasteiger charge is -2.12. The number of nitrogens with one attached hydrogen (secondary N) is 1. The highest BCUT2D eigenvalue weighted by molar-refractivity contribution is 5.89. The van der Waals surface area contributed by atoms with Crippen molar-refractivity contribution in [2.24, 2.45) is 5.73 Å². The average molecular weight is 266 g/mol. The molecule has 3 N–H and O–H groups in total. The highest BCUT2D eigenvalue weighted by Crippen LogP contribution is 2.25. The fourth-order valence-corrected chi connectivity index (χ4v) is 1.18. The van der Waals surface area contributed by atoms with Crippen LogP contribution in [-0.2, 0) is 11.3 Å². The Kier molecular flexibility index (Phi) is 3.96. The number of rotatable bonds is 3. The molecule has 6 nitrogen and oxygen atoms in total. The molecule has 0 aliphatic rings. The van der Waals surface area contributed by atoms with Crippen molar-refractivity contribution in [3.63, 3.8) is 0 Å².